The number of rotatable bonds is 4. The van der Waals surface area contributed by atoms with Crippen molar-refractivity contribution in [3.63, 3.8) is 0 Å². The van der Waals surface area contributed by atoms with Crippen LogP contribution in [-0.4, -0.2) is 56.3 Å². The van der Waals surface area contributed by atoms with Gasteiger partial charge in [-0.2, -0.15) is 0 Å². The second kappa shape index (κ2) is 4.29. The van der Waals surface area contributed by atoms with Crippen molar-refractivity contribution in [1.82, 2.24) is 10.2 Å². The number of nitrogens with zero attached hydrogens (tertiary/aromatic N) is 1. The molecular weight excluding hydrogens is 244 g/mol. The van der Waals surface area contributed by atoms with E-state index in [0.717, 1.165) is 19.1 Å². The summed E-state index contributed by atoms with van der Waals surface area (Å²) in [5, 5.41) is 2.55. The zero-order valence-electron chi connectivity index (χ0n) is 9.68. The minimum Gasteiger partial charge on any atom is -0.345 e. The predicted molar refractivity (Wildman–Crippen MR) is 60.9 cm³/mol. The lowest BCUT2D eigenvalue weighted by Crippen LogP contribution is -2.60. The maximum Gasteiger partial charge on any atom is 0.243 e. The number of piperazine rings is 1. The standard InChI is InChI=1S/C10H16N2O4S/c1-17(15,16)5-4-12-8(13)6-11-10(14)9(12)7-2-3-7/h7,9H,2-6H2,1H3,(H,11,14). The van der Waals surface area contributed by atoms with Gasteiger partial charge in [0.05, 0.1) is 12.3 Å². The lowest BCUT2D eigenvalue weighted by molar-refractivity contribution is -0.146. The molecule has 0 aromatic rings. The van der Waals surface area contributed by atoms with Crippen LogP contribution in [0, 0.1) is 5.92 Å². The van der Waals surface area contributed by atoms with Gasteiger partial charge in [0.15, 0.2) is 0 Å². The molecule has 0 radical (unpaired) electrons. The highest BCUT2D eigenvalue weighted by molar-refractivity contribution is 7.90. The van der Waals surface area contributed by atoms with E-state index in [-0.39, 0.29) is 36.6 Å². The molecule has 1 aliphatic heterocycles. The van der Waals surface area contributed by atoms with Crippen molar-refractivity contribution < 1.29 is 18.0 Å². The Labute approximate surface area is 100 Å². The first-order valence-electron chi connectivity index (χ1n) is 5.63. The predicted octanol–water partition coefficient (Wildman–Crippen LogP) is -1.23. The number of hydrogen-bond acceptors (Lipinski definition) is 4. The molecule has 1 aliphatic carbocycles. The average Bonchev–Trinajstić information content (AvgIpc) is 3.01. The van der Waals surface area contributed by atoms with Gasteiger partial charge in [-0.25, -0.2) is 8.42 Å². The van der Waals surface area contributed by atoms with Crippen LogP contribution in [-0.2, 0) is 19.4 Å². The van der Waals surface area contributed by atoms with Crippen LogP contribution in [0.2, 0.25) is 0 Å². The van der Waals surface area contributed by atoms with Gasteiger partial charge in [0.25, 0.3) is 0 Å². The first-order chi connectivity index (χ1) is 7.88. The molecule has 0 spiro atoms. The Morgan fingerprint density at radius 1 is 1.35 bits per heavy atom. The van der Waals surface area contributed by atoms with E-state index in [2.05, 4.69) is 5.32 Å². The first kappa shape index (κ1) is 12.3. The van der Waals surface area contributed by atoms with E-state index in [0.29, 0.717) is 0 Å². The highest BCUT2D eigenvalue weighted by Crippen LogP contribution is 2.36. The fraction of sp³-hybridized carbons (Fsp3) is 0.800. The van der Waals surface area contributed by atoms with Gasteiger partial charge in [0.1, 0.15) is 15.9 Å². The molecule has 0 aromatic heterocycles. The Hall–Kier alpha value is -1.11. The smallest absolute Gasteiger partial charge is 0.243 e. The molecule has 17 heavy (non-hydrogen) atoms. The normalized spacial score (nSPS) is 25.9. The van der Waals surface area contributed by atoms with Gasteiger partial charge in [-0.05, 0) is 18.8 Å². The Balaban J connectivity index is 2.09. The molecule has 2 fully saturated rings. The summed E-state index contributed by atoms with van der Waals surface area (Å²) in [7, 11) is -3.12. The van der Waals surface area contributed by atoms with Crippen LogP contribution < -0.4 is 5.32 Å². The number of carbonyl (C=O) groups excluding carboxylic acids is 2. The van der Waals surface area contributed by atoms with E-state index in [9.17, 15) is 18.0 Å². The topological polar surface area (TPSA) is 83.6 Å². The molecule has 1 atom stereocenters. The van der Waals surface area contributed by atoms with Crippen molar-refractivity contribution in [2.75, 3.05) is 25.1 Å². The molecule has 0 bridgehead atoms. The van der Waals surface area contributed by atoms with Gasteiger partial charge in [0.2, 0.25) is 11.8 Å². The van der Waals surface area contributed by atoms with Crippen LogP contribution in [0.3, 0.4) is 0 Å². The monoisotopic (exact) mass is 260 g/mol. The Morgan fingerprint density at radius 3 is 2.53 bits per heavy atom. The average molecular weight is 260 g/mol. The number of nitrogens with one attached hydrogen (secondary N) is 1. The molecule has 2 rings (SSSR count). The van der Waals surface area contributed by atoms with Crippen LogP contribution in [0.25, 0.3) is 0 Å². The van der Waals surface area contributed by atoms with Crippen LogP contribution in [0.1, 0.15) is 12.8 Å². The number of amides is 2. The van der Waals surface area contributed by atoms with Crippen molar-refractivity contribution in [2.45, 2.75) is 18.9 Å². The van der Waals surface area contributed by atoms with Crippen LogP contribution in [0.15, 0.2) is 0 Å². The third kappa shape index (κ3) is 2.96. The van der Waals surface area contributed by atoms with E-state index in [1.165, 1.54) is 4.90 Å². The van der Waals surface area contributed by atoms with Crippen molar-refractivity contribution in [3.8, 4) is 0 Å². The Morgan fingerprint density at radius 2 is 2.00 bits per heavy atom. The zero-order chi connectivity index (χ0) is 12.6. The minimum atomic E-state index is -3.12. The maximum absolute atomic E-state index is 11.7. The fourth-order valence-electron chi connectivity index (χ4n) is 2.07. The molecule has 2 amide bonds. The van der Waals surface area contributed by atoms with Gasteiger partial charge in [0, 0.05) is 12.8 Å². The number of hydrogen-bond donors (Lipinski definition) is 1. The van der Waals surface area contributed by atoms with Crippen molar-refractivity contribution >= 4 is 21.7 Å². The molecule has 6 nitrogen and oxygen atoms in total. The van der Waals surface area contributed by atoms with E-state index in [4.69, 9.17) is 0 Å². The van der Waals surface area contributed by atoms with Gasteiger partial charge < -0.3 is 10.2 Å². The molecule has 2 aliphatic rings. The Kier molecular flexibility index (Phi) is 3.11. The van der Waals surface area contributed by atoms with Crippen molar-refractivity contribution in [2.24, 2.45) is 5.92 Å². The summed E-state index contributed by atoms with van der Waals surface area (Å²) in [4.78, 5) is 24.8. The van der Waals surface area contributed by atoms with Gasteiger partial charge in [-0.15, -0.1) is 0 Å². The van der Waals surface area contributed by atoms with Crippen LogP contribution in [0.5, 0.6) is 0 Å². The van der Waals surface area contributed by atoms with E-state index in [1.54, 1.807) is 0 Å². The summed E-state index contributed by atoms with van der Waals surface area (Å²) in [6.07, 6.45) is 3.00. The van der Waals surface area contributed by atoms with Crippen LogP contribution >= 0.6 is 0 Å². The van der Waals surface area contributed by atoms with Gasteiger partial charge in [-0.1, -0.05) is 0 Å². The zero-order valence-corrected chi connectivity index (χ0v) is 10.5. The van der Waals surface area contributed by atoms with Gasteiger partial charge >= 0.3 is 0 Å². The molecule has 96 valence electrons. The molecule has 7 heteroatoms. The maximum atomic E-state index is 11.7. The van der Waals surface area contributed by atoms with E-state index in [1.807, 2.05) is 0 Å². The largest absolute Gasteiger partial charge is 0.345 e. The Bertz CT molecular complexity index is 441. The lowest BCUT2D eigenvalue weighted by Gasteiger charge is -2.34. The first-order valence-corrected chi connectivity index (χ1v) is 7.69. The molecule has 1 saturated heterocycles. The molecular formula is C10H16N2O4S. The fourth-order valence-corrected chi connectivity index (χ4v) is 2.60. The minimum absolute atomic E-state index is 0.0220. The molecule has 1 unspecified atom stereocenters. The highest BCUT2D eigenvalue weighted by Gasteiger charge is 2.44. The summed E-state index contributed by atoms with van der Waals surface area (Å²) < 4.78 is 22.2. The van der Waals surface area contributed by atoms with Gasteiger partial charge in [-0.3, -0.25) is 9.59 Å². The lowest BCUT2D eigenvalue weighted by atomic mass is 10.1. The quantitative estimate of drug-likeness (QED) is 0.686. The summed E-state index contributed by atoms with van der Waals surface area (Å²) >= 11 is 0. The van der Waals surface area contributed by atoms with Crippen LogP contribution in [0.4, 0.5) is 0 Å². The SMILES string of the molecule is CS(=O)(=O)CCN1C(=O)CNC(=O)C1C1CC1. The molecule has 0 aromatic carbocycles. The molecule has 1 N–H and O–H groups in total. The molecule has 1 heterocycles. The second-order valence-electron chi connectivity index (χ2n) is 4.72. The van der Waals surface area contributed by atoms with E-state index >= 15 is 0 Å². The summed E-state index contributed by atoms with van der Waals surface area (Å²) in [5.41, 5.74) is 0. The third-order valence-corrected chi connectivity index (χ3v) is 4.03. The highest BCUT2D eigenvalue weighted by atomic mass is 32.2. The summed E-state index contributed by atoms with van der Waals surface area (Å²) in [6, 6.07) is -0.460. The number of carbonyl (C=O) groups is 2. The van der Waals surface area contributed by atoms with Crippen molar-refractivity contribution in [1.29, 1.82) is 0 Å². The third-order valence-electron chi connectivity index (χ3n) is 3.11. The van der Waals surface area contributed by atoms with E-state index < -0.39 is 15.9 Å². The summed E-state index contributed by atoms with van der Waals surface area (Å²) in [5.74, 6) is -0.223. The second-order valence-corrected chi connectivity index (χ2v) is 6.98. The number of sulfone groups is 1. The molecule has 1 saturated carbocycles. The van der Waals surface area contributed by atoms with Crippen molar-refractivity contribution in [3.05, 3.63) is 0 Å². The summed E-state index contributed by atoms with van der Waals surface area (Å²) in [6.45, 7) is 0.0953.